The highest BCUT2D eigenvalue weighted by atomic mass is 16.4. The number of amides is 3. The van der Waals surface area contributed by atoms with Gasteiger partial charge in [-0.3, -0.25) is 19.4 Å². The smallest absolute Gasteiger partial charge is 0.328 e. The number of hydrogen-bond acceptors (Lipinski definition) is 8. The van der Waals surface area contributed by atoms with Gasteiger partial charge in [0.1, 0.15) is 18.1 Å². The molecule has 42 heavy (non-hydrogen) atoms. The quantitative estimate of drug-likeness (QED) is 0.0483. The van der Waals surface area contributed by atoms with Gasteiger partial charge < -0.3 is 53.3 Å². The van der Waals surface area contributed by atoms with Gasteiger partial charge in [-0.25, -0.2) is 9.78 Å². The van der Waals surface area contributed by atoms with E-state index < -0.39 is 54.5 Å². The van der Waals surface area contributed by atoms with Crippen molar-refractivity contribution in [3.63, 3.8) is 0 Å². The molecule has 3 aromatic rings. The first-order valence-electron chi connectivity index (χ1n) is 13.2. The van der Waals surface area contributed by atoms with Gasteiger partial charge in [0.25, 0.3) is 0 Å². The van der Waals surface area contributed by atoms with E-state index >= 15 is 0 Å². The van der Waals surface area contributed by atoms with Gasteiger partial charge in [0, 0.05) is 42.0 Å². The van der Waals surface area contributed by atoms with Crippen LogP contribution in [-0.4, -0.2) is 92.1 Å². The summed E-state index contributed by atoms with van der Waals surface area (Å²) in [5.74, 6) is -3.76. The van der Waals surface area contributed by atoms with Crippen molar-refractivity contribution in [2.45, 2.75) is 49.9 Å². The molecule has 0 aliphatic heterocycles. The molecule has 0 radical (unpaired) electrons. The molecule has 2 aromatic heterocycles. The number of hydrogen-bond donors (Lipinski definition) is 10. The largest absolute Gasteiger partial charge is 0.480 e. The zero-order chi connectivity index (χ0) is 30.6. The van der Waals surface area contributed by atoms with Crippen molar-refractivity contribution in [2.75, 3.05) is 13.2 Å². The number of para-hydroxylation sites is 1. The number of H-pyrrole nitrogens is 2. The number of nitrogens with two attached hydrogens (primary N) is 3. The lowest BCUT2D eigenvalue weighted by Gasteiger charge is -2.25. The van der Waals surface area contributed by atoms with E-state index in [1.54, 1.807) is 6.20 Å². The molecule has 3 rings (SSSR count). The number of aromatic nitrogens is 3. The number of aromatic amines is 2. The molecule has 0 spiro atoms. The van der Waals surface area contributed by atoms with Crippen molar-refractivity contribution in [3.05, 3.63) is 54.2 Å². The van der Waals surface area contributed by atoms with Crippen LogP contribution in [0.25, 0.3) is 10.9 Å². The number of carboxylic acid groups (broad SMARTS) is 1. The van der Waals surface area contributed by atoms with Gasteiger partial charge in [0.2, 0.25) is 17.7 Å². The van der Waals surface area contributed by atoms with Gasteiger partial charge in [0.15, 0.2) is 5.96 Å². The van der Waals surface area contributed by atoms with Gasteiger partial charge >= 0.3 is 5.97 Å². The number of carbonyl (C=O) groups excluding carboxylic acids is 3. The second-order valence-electron chi connectivity index (χ2n) is 9.60. The van der Waals surface area contributed by atoms with Gasteiger partial charge in [-0.2, -0.15) is 0 Å². The molecule has 0 aliphatic carbocycles. The van der Waals surface area contributed by atoms with Gasteiger partial charge in [0.05, 0.1) is 19.0 Å². The predicted octanol–water partition coefficient (Wildman–Crippen LogP) is -2.41. The summed E-state index contributed by atoms with van der Waals surface area (Å²) in [6.07, 6.45) is 5.10. The Kier molecular flexibility index (Phi) is 11.4. The average Bonchev–Trinajstić information content (AvgIpc) is 3.62. The number of imidazole rings is 1. The van der Waals surface area contributed by atoms with Crippen LogP contribution in [0.5, 0.6) is 0 Å². The topological polar surface area (TPSA) is 280 Å². The number of carboxylic acids is 1. The van der Waals surface area contributed by atoms with Crippen LogP contribution in [0.2, 0.25) is 0 Å². The first-order valence-corrected chi connectivity index (χ1v) is 13.2. The Bertz CT molecular complexity index is 1390. The Balaban J connectivity index is 1.75. The van der Waals surface area contributed by atoms with Crippen molar-refractivity contribution in [2.24, 2.45) is 22.2 Å². The normalized spacial score (nSPS) is 13.9. The summed E-state index contributed by atoms with van der Waals surface area (Å²) in [5.41, 5.74) is 19.2. The SMILES string of the molecule is NC(N)=NCCCC(NC(=O)C(N)Cc1c[nH]c2ccccc12)C(=O)NC(Cc1cnc[nH]1)C(=O)NC(CO)C(=O)O. The van der Waals surface area contributed by atoms with Crippen LogP contribution in [0.3, 0.4) is 0 Å². The number of carbonyl (C=O) groups is 4. The van der Waals surface area contributed by atoms with Crippen molar-refractivity contribution >= 4 is 40.6 Å². The van der Waals surface area contributed by atoms with E-state index in [-0.39, 0.29) is 31.8 Å². The lowest BCUT2D eigenvalue weighted by Crippen LogP contribution is -2.58. The minimum Gasteiger partial charge on any atom is -0.480 e. The van der Waals surface area contributed by atoms with Gasteiger partial charge in [-0.1, -0.05) is 18.2 Å². The first kappa shape index (κ1) is 31.6. The highest BCUT2D eigenvalue weighted by molar-refractivity contribution is 5.94. The molecule has 3 amide bonds. The summed E-state index contributed by atoms with van der Waals surface area (Å²) in [6, 6.07) is 2.56. The molecule has 16 heteroatoms. The summed E-state index contributed by atoms with van der Waals surface area (Å²) >= 11 is 0. The molecular formula is C26H36N10O6. The van der Waals surface area contributed by atoms with E-state index in [0.717, 1.165) is 16.5 Å². The molecule has 226 valence electrons. The summed E-state index contributed by atoms with van der Waals surface area (Å²) in [5, 5.41) is 26.9. The van der Waals surface area contributed by atoms with Crippen molar-refractivity contribution in [3.8, 4) is 0 Å². The molecule has 4 atom stereocenters. The standard InChI is InChI=1S/C26H36N10O6/c27-17(8-14-10-32-18-5-2-1-4-16(14)18)22(38)34-19(6-3-7-31-26(28)29)23(39)35-20(9-15-11-30-13-33-15)24(40)36-21(12-37)25(41)42/h1-2,4-5,10-11,13,17,19-21,32,37H,3,6-9,12,27H2,(H,30,33)(H,34,38)(H,35,39)(H,36,40)(H,41,42)(H4,28,29,31). The average molecular weight is 585 g/mol. The third-order valence-corrected chi connectivity index (χ3v) is 6.44. The number of aliphatic carboxylic acids is 1. The third kappa shape index (κ3) is 9.03. The lowest BCUT2D eigenvalue weighted by atomic mass is 10.0. The van der Waals surface area contributed by atoms with E-state index in [4.69, 9.17) is 17.2 Å². The molecule has 4 unspecified atom stereocenters. The molecule has 16 nitrogen and oxygen atoms in total. The van der Waals surface area contributed by atoms with E-state index in [1.807, 2.05) is 24.3 Å². The highest BCUT2D eigenvalue weighted by Crippen LogP contribution is 2.19. The first-order chi connectivity index (χ1) is 20.1. The number of aliphatic hydroxyl groups is 1. The molecule has 0 fully saturated rings. The van der Waals surface area contributed by atoms with Crippen LogP contribution in [0.4, 0.5) is 0 Å². The fourth-order valence-corrected chi connectivity index (χ4v) is 4.24. The zero-order valence-electron chi connectivity index (χ0n) is 22.7. The number of aliphatic imine (C=N–C) groups is 1. The maximum atomic E-state index is 13.4. The molecule has 0 saturated heterocycles. The highest BCUT2D eigenvalue weighted by Gasteiger charge is 2.30. The second kappa shape index (κ2) is 15.2. The van der Waals surface area contributed by atoms with Crippen LogP contribution >= 0.6 is 0 Å². The Morgan fingerprint density at radius 3 is 2.31 bits per heavy atom. The predicted molar refractivity (Wildman–Crippen MR) is 153 cm³/mol. The van der Waals surface area contributed by atoms with Crippen LogP contribution in [-0.2, 0) is 32.0 Å². The summed E-state index contributed by atoms with van der Waals surface area (Å²) in [6.45, 7) is -0.679. The Morgan fingerprint density at radius 2 is 1.64 bits per heavy atom. The number of nitrogens with zero attached hydrogens (tertiary/aromatic N) is 2. The van der Waals surface area contributed by atoms with E-state index in [9.17, 15) is 29.4 Å². The number of nitrogens with one attached hydrogen (secondary N) is 5. The molecule has 0 saturated carbocycles. The van der Waals surface area contributed by atoms with Crippen LogP contribution < -0.4 is 33.2 Å². The molecule has 13 N–H and O–H groups in total. The fourth-order valence-electron chi connectivity index (χ4n) is 4.24. The third-order valence-electron chi connectivity index (χ3n) is 6.44. The zero-order valence-corrected chi connectivity index (χ0v) is 22.7. The molecule has 0 bridgehead atoms. The van der Waals surface area contributed by atoms with Gasteiger partial charge in [-0.05, 0) is 30.9 Å². The number of guanidine groups is 1. The van der Waals surface area contributed by atoms with Crippen LogP contribution in [0, 0.1) is 0 Å². The molecule has 0 aliphatic rings. The van der Waals surface area contributed by atoms with E-state index in [1.165, 1.54) is 12.5 Å². The molecule has 1 aromatic carbocycles. The number of fused-ring (bicyclic) bond motifs is 1. The van der Waals surface area contributed by atoms with E-state index in [0.29, 0.717) is 12.1 Å². The maximum absolute atomic E-state index is 13.4. The van der Waals surface area contributed by atoms with Crippen LogP contribution in [0.1, 0.15) is 24.1 Å². The Hall–Kier alpha value is -4.96. The molecule has 2 heterocycles. The van der Waals surface area contributed by atoms with Crippen molar-refractivity contribution in [1.29, 1.82) is 0 Å². The minimum atomic E-state index is -1.59. The Morgan fingerprint density at radius 1 is 0.952 bits per heavy atom. The van der Waals surface area contributed by atoms with Crippen LogP contribution in [0.15, 0.2) is 48.0 Å². The van der Waals surface area contributed by atoms with E-state index in [2.05, 4.69) is 35.9 Å². The fraction of sp³-hybridized carbons (Fsp3) is 0.385. The lowest BCUT2D eigenvalue weighted by molar-refractivity contribution is -0.143. The number of aliphatic hydroxyl groups excluding tert-OH is 1. The summed E-state index contributed by atoms with van der Waals surface area (Å²) in [4.78, 5) is 64.6. The minimum absolute atomic E-state index is 0.0793. The van der Waals surface area contributed by atoms with Crippen molar-refractivity contribution in [1.82, 2.24) is 30.9 Å². The summed E-state index contributed by atoms with van der Waals surface area (Å²) in [7, 11) is 0. The second-order valence-corrected chi connectivity index (χ2v) is 9.60. The van der Waals surface area contributed by atoms with Crippen molar-refractivity contribution < 1.29 is 29.4 Å². The Labute approximate surface area is 240 Å². The number of benzene rings is 1. The number of rotatable bonds is 16. The summed E-state index contributed by atoms with van der Waals surface area (Å²) < 4.78 is 0. The van der Waals surface area contributed by atoms with Gasteiger partial charge in [-0.15, -0.1) is 0 Å². The maximum Gasteiger partial charge on any atom is 0.328 e. The molecular weight excluding hydrogens is 548 g/mol. The monoisotopic (exact) mass is 584 g/mol.